The standard InChI is InChI=1S/C22H25N3O2/c1-25-20-9-8-17(13-19(20)14-23-25)16-6-5-7-18(12-16)21(26)24-22(15-27-2)10-3-4-11-22/h5-9,12-14H,3-4,10-11,15H2,1-2H3,(H,24,26). The second-order valence-corrected chi connectivity index (χ2v) is 7.50. The zero-order chi connectivity index (χ0) is 18.9. The van der Waals surface area contributed by atoms with Crippen LogP contribution in [0.5, 0.6) is 0 Å². The minimum Gasteiger partial charge on any atom is -0.382 e. The van der Waals surface area contributed by atoms with Crippen LogP contribution in [-0.4, -0.2) is 34.9 Å². The molecule has 1 saturated carbocycles. The van der Waals surface area contributed by atoms with Crippen molar-refractivity contribution in [2.24, 2.45) is 7.05 Å². The van der Waals surface area contributed by atoms with Gasteiger partial charge in [0.2, 0.25) is 0 Å². The number of hydrogen-bond donors (Lipinski definition) is 1. The lowest BCUT2D eigenvalue weighted by atomic mass is 9.97. The molecule has 1 aliphatic carbocycles. The SMILES string of the molecule is COCC1(NC(=O)c2cccc(-c3ccc4c(cnn4C)c3)c2)CCCC1. The molecular formula is C22H25N3O2. The quantitative estimate of drug-likeness (QED) is 0.747. The number of aryl methyl sites for hydroxylation is 1. The van der Waals surface area contributed by atoms with Gasteiger partial charge in [-0.05, 0) is 48.2 Å². The van der Waals surface area contributed by atoms with Crippen LogP contribution in [0.2, 0.25) is 0 Å². The largest absolute Gasteiger partial charge is 0.382 e. The highest BCUT2D eigenvalue weighted by atomic mass is 16.5. The summed E-state index contributed by atoms with van der Waals surface area (Å²) in [5.41, 5.74) is 3.66. The molecule has 1 aromatic heterocycles. The number of amides is 1. The highest BCUT2D eigenvalue weighted by molar-refractivity contribution is 5.96. The average Bonchev–Trinajstić information content (AvgIpc) is 3.29. The lowest BCUT2D eigenvalue weighted by molar-refractivity contribution is 0.0767. The first kappa shape index (κ1) is 17.7. The van der Waals surface area contributed by atoms with Crippen LogP contribution in [0, 0.1) is 0 Å². The van der Waals surface area contributed by atoms with Crippen LogP contribution >= 0.6 is 0 Å². The maximum absolute atomic E-state index is 12.9. The fourth-order valence-electron chi connectivity index (χ4n) is 4.13. The van der Waals surface area contributed by atoms with Crippen molar-refractivity contribution in [2.75, 3.05) is 13.7 Å². The number of nitrogens with zero attached hydrogens (tertiary/aromatic N) is 2. The number of ether oxygens (including phenoxy) is 1. The molecule has 5 heteroatoms. The van der Waals surface area contributed by atoms with Gasteiger partial charge in [0, 0.05) is 25.1 Å². The Hall–Kier alpha value is -2.66. The lowest BCUT2D eigenvalue weighted by Crippen LogP contribution is -2.49. The first-order valence-corrected chi connectivity index (χ1v) is 9.44. The van der Waals surface area contributed by atoms with Crippen molar-refractivity contribution in [3.05, 3.63) is 54.2 Å². The summed E-state index contributed by atoms with van der Waals surface area (Å²) >= 11 is 0. The van der Waals surface area contributed by atoms with E-state index in [1.165, 1.54) is 0 Å². The van der Waals surface area contributed by atoms with Crippen molar-refractivity contribution in [3.8, 4) is 11.1 Å². The molecule has 0 bridgehead atoms. The predicted molar refractivity (Wildman–Crippen MR) is 107 cm³/mol. The van der Waals surface area contributed by atoms with Gasteiger partial charge < -0.3 is 10.1 Å². The maximum Gasteiger partial charge on any atom is 0.251 e. The first-order valence-electron chi connectivity index (χ1n) is 9.44. The van der Waals surface area contributed by atoms with E-state index in [0.29, 0.717) is 12.2 Å². The Morgan fingerprint density at radius 2 is 1.96 bits per heavy atom. The van der Waals surface area contributed by atoms with E-state index in [2.05, 4.69) is 28.6 Å². The van der Waals surface area contributed by atoms with Gasteiger partial charge in [-0.1, -0.05) is 31.0 Å². The van der Waals surface area contributed by atoms with E-state index in [1.807, 2.05) is 42.2 Å². The topological polar surface area (TPSA) is 56.1 Å². The van der Waals surface area contributed by atoms with Gasteiger partial charge in [-0.25, -0.2) is 0 Å². The summed E-state index contributed by atoms with van der Waals surface area (Å²) in [6.45, 7) is 0.566. The fraction of sp³-hybridized carbons (Fsp3) is 0.364. The van der Waals surface area contributed by atoms with Crippen molar-refractivity contribution in [1.29, 1.82) is 0 Å². The van der Waals surface area contributed by atoms with Gasteiger partial charge in [-0.15, -0.1) is 0 Å². The average molecular weight is 363 g/mol. The Labute approximate surface area is 159 Å². The summed E-state index contributed by atoms with van der Waals surface area (Å²) in [6.07, 6.45) is 6.08. The molecule has 0 atom stereocenters. The van der Waals surface area contributed by atoms with Crippen molar-refractivity contribution in [2.45, 2.75) is 31.2 Å². The molecule has 0 saturated heterocycles. The maximum atomic E-state index is 12.9. The second kappa shape index (κ2) is 7.16. The smallest absolute Gasteiger partial charge is 0.251 e. The highest BCUT2D eigenvalue weighted by Gasteiger charge is 2.35. The van der Waals surface area contributed by atoms with Gasteiger partial charge >= 0.3 is 0 Å². The third-order valence-electron chi connectivity index (χ3n) is 5.56. The van der Waals surface area contributed by atoms with Crippen LogP contribution < -0.4 is 5.32 Å². The lowest BCUT2D eigenvalue weighted by Gasteiger charge is -2.29. The molecule has 140 valence electrons. The number of aromatic nitrogens is 2. The summed E-state index contributed by atoms with van der Waals surface area (Å²) in [7, 11) is 3.63. The minimum absolute atomic E-state index is 0.0294. The minimum atomic E-state index is -0.226. The van der Waals surface area contributed by atoms with Crippen LogP contribution in [0.4, 0.5) is 0 Å². The Kier molecular flexibility index (Phi) is 4.70. The summed E-state index contributed by atoms with van der Waals surface area (Å²) in [4.78, 5) is 12.9. The van der Waals surface area contributed by atoms with E-state index >= 15 is 0 Å². The molecule has 0 radical (unpaired) electrons. The first-order chi connectivity index (χ1) is 13.1. The molecule has 0 aliphatic heterocycles. The van der Waals surface area contributed by atoms with Crippen LogP contribution in [-0.2, 0) is 11.8 Å². The highest BCUT2D eigenvalue weighted by Crippen LogP contribution is 2.31. The van der Waals surface area contributed by atoms with E-state index in [9.17, 15) is 4.79 Å². The summed E-state index contributed by atoms with van der Waals surface area (Å²) in [6, 6.07) is 14.1. The van der Waals surface area contributed by atoms with Crippen molar-refractivity contribution < 1.29 is 9.53 Å². The van der Waals surface area contributed by atoms with E-state index in [1.54, 1.807) is 7.11 Å². The molecule has 27 heavy (non-hydrogen) atoms. The number of rotatable bonds is 5. The van der Waals surface area contributed by atoms with E-state index < -0.39 is 0 Å². The second-order valence-electron chi connectivity index (χ2n) is 7.50. The molecule has 4 rings (SSSR count). The van der Waals surface area contributed by atoms with Gasteiger partial charge in [0.25, 0.3) is 5.91 Å². The van der Waals surface area contributed by atoms with Crippen molar-refractivity contribution in [3.63, 3.8) is 0 Å². The molecule has 0 unspecified atom stereocenters. The fourth-order valence-corrected chi connectivity index (χ4v) is 4.13. The van der Waals surface area contributed by atoms with Gasteiger partial charge in [0.1, 0.15) is 0 Å². The zero-order valence-corrected chi connectivity index (χ0v) is 15.9. The van der Waals surface area contributed by atoms with Crippen LogP contribution in [0.3, 0.4) is 0 Å². The molecule has 1 fully saturated rings. The molecule has 1 amide bonds. The van der Waals surface area contributed by atoms with Crippen molar-refractivity contribution in [1.82, 2.24) is 15.1 Å². The number of fused-ring (bicyclic) bond motifs is 1. The number of benzene rings is 2. The molecule has 1 heterocycles. The summed E-state index contributed by atoms with van der Waals surface area (Å²) in [5, 5.41) is 8.64. The third-order valence-corrected chi connectivity index (χ3v) is 5.56. The van der Waals surface area contributed by atoms with Gasteiger partial charge in [0.15, 0.2) is 0 Å². The zero-order valence-electron chi connectivity index (χ0n) is 15.9. The summed E-state index contributed by atoms with van der Waals surface area (Å²) in [5.74, 6) is -0.0294. The number of carbonyl (C=O) groups excluding carboxylic acids is 1. The number of methoxy groups -OCH3 is 1. The predicted octanol–water partition coefficient (Wildman–Crippen LogP) is 3.93. The molecule has 1 N–H and O–H groups in total. The van der Waals surface area contributed by atoms with Gasteiger partial charge in [-0.3, -0.25) is 9.48 Å². The normalized spacial score (nSPS) is 15.9. The van der Waals surface area contributed by atoms with Crippen LogP contribution in [0.15, 0.2) is 48.7 Å². The Bertz CT molecular complexity index is 971. The number of carbonyl (C=O) groups is 1. The van der Waals surface area contributed by atoms with E-state index in [-0.39, 0.29) is 11.4 Å². The summed E-state index contributed by atoms with van der Waals surface area (Å²) < 4.78 is 7.24. The molecule has 2 aromatic carbocycles. The van der Waals surface area contributed by atoms with E-state index in [0.717, 1.165) is 47.7 Å². The Morgan fingerprint density at radius 1 is 1.19 bits per heavy atom. The van der Waals surface area contributed by atoms with Gasteiger partial charge in [-0.2, -0.15) is 5.10 Å². The number of hydrogen-bond acceptors (Lipinski definition) is 3. The van der Waals surface area contributed by atoms with Crippen molar-refractivity contribution >= 4 is 16.8 Å². The molecule has 1 aliphatic rings. The molecule has 0 spiro atoms. The number of nitrogens with one attached hydrogen (secondary N) is 1. The molecule has 5 nitrogen and oxygen atoms in total. The van der Waals surface area contributed by atoms with Gasteiger partial charge in [0.05, 0.1) is 23.9 Å². The third kappa shape index (κ3) is 3.47. The van der Waals surface area contributed by atoms with Crippen LogP contribution in [0.25, 0.3) is 22.0 Å². The van der Waals surface area contributed by atoms with Crippen LogP contribution in [0.1, 0.15) is 36.0 Å². The molecule has 3 aromatic rings. The molecular weight excluding hydrogens is 338 g/mol. The Morgan fingerprint density at radius 3 is 2.74 bits per heavy atom. The Balaban J connectivity index is 1.60. The van der Waals surface area contributed by atoms with E-state index in [4.69, 9.17) is 4.74 Å². The monoisotopic (exact) mass is 363 g/mol.